The van der Waals surface area contributed by atoms with Gasteiger partial charge in [-0.15, -0.1) is 22.7 Å². The number of rotatable bonds is 3. The van der Waals surface area contributed by atoms with Gasteiger partial charge >= 0.3 is 6.03 Å². The highest BCUT2D eigenvalue weighted by Gasteiger charge is 2.21. The van der Waals surface area contributed by atoms with Gasteiger partial charge in [0.1, 0.15) is 0 Å². The molecule has 0 aliphatic carbocycles. The van der Waals surface area contributed by atoms with E-state index in [9.17, 15) is 4.79 Å². The first-order valence-corrected chi connectivity index (χ1v) is 8.47. The van der Waals surface area contributed by atoms with Gasteiger partial charge in [-0.1, -0.05) is 6.92 Å². The zero-order valence-corrected chi connectivity index (χ0v) is 13.0. The van der Waals surface area contributed by atoms with Crippen molar-refractivity contribution < 1.29 is 4.79 Å². The van der Waals surface area contributed by atoms with Crippen LogP contribution in [0.2, 0.25) is 0 Å². The number of amides is 2. The number of fused-ring (bicyclic) bond motifs is 1. The van der Waals surface area contributed by atoms with Crippen LogP contribution in [-0.2, 0) is 13.0 Å². The van der Waals surface area contributed by atoms with Gasteiger partial charge in [-0.2, -0.15) is 0 Å². The minimum atomic E-state index is 0.0326. The highest BCUT2D eigenvalue weighted by molar-refractivity contribution is 7.10. The Bertz CT molecular complexity index is 579. The second-order valence-electron chi connectivity index (χ2n) is 5.00. The average Bonchev–Trinajstić information content (AvgIpc) is 3.13. The van der Waals surface area contributed by atoms with Gasteiger partial charge in [-0.3, -0.25) is 0 Å². The van der Waals surface area contributed by atoms with E-state index < -0.39 is 0 Å². The smallest absolute Gasteiger partial charge is 0.317 e. The third-order valence-electron chi connectivity index (χ3n) is 3.53. The van der Waals surface area contributed by atoms with Gasteiger partial charge < -0.3 is 10.2 Å². The first-order chi connectivity index (χ1) is 9.74. The van der Waals surface area contributed by atoms with Crippen LogP contribution in [-0.4, -0.2) is 29.0 Å². The number of carbonyl (C=O) groups is 1. The number of carbonyl (C=O) groups excluding carboxylic acids is 1. The van der Waals surface area contributed by atoms with Crippen molar-refractivity contribution in [1.82, 2.24) is 15.2 Å². The molecule has 3 heterocycles. The number of hydrogen-bond donors (Lipinski definition) is 1. The zero-order chi connectivity index (χ0) is 13.9. The number of nitrogens with one attached hydrogen (secondary N) is 1. The van der Waals surface area contributed by atoms with Crippen molar-refractivity contribution >= 4 is 28.7 Å². The third kappa shape index (κ3) is 2.86. The van der Waals surface area contributed by atoms with Crippen LogP contribution in [0.4, 0.5) is 4.79 Å². The fourth-order valence-corrected chi connectivity index (χ4v) is 3.93. The van der Waals surface area contributed by atoms with Crippen LogP contribution in [0.25, 0.3) is 0 Å². The van der Waals surface area contributed by atoms with Crippen molar-refractivity contribution in [2.24, 2.45) is 0 Å². The Kier molecular flexibility index (Phi) is 4.03. The van der Waals surface area contributed by atoms with E-state index in [0.717, 1.165) is 24.5 Å². The normalized spacial score (nSPS) is 15.8. The summed E-state index contributed by atoms with van der Waals surface area (Å²) < 4.78 is 0. The van der Waals surface area contributed by atoms with Crippen LogP contribution in [0.15, 0.2) is 23.0 Å². The van der Waals surface area contributed by atoms with E-state index >= 15 is 0 Å². The van der Waals surface area contributed by atoms with Crippen molar-refractivity contribution in [3.8, 4) is 0 Å². The third-order valence-corrected chi connectivity index (χ3v) is 5.56. The van der Waals surface area contributed by atoms with Gasteiger partial charge in [0.25, 0.3) is 0 Å². The summed E-state index contributed by atoms with van der Waals surface area (Å²) in [4.78, 5) is 19.8. The van der Waals surface area contributed by atoms with Crippen molar-refractivity contribution in [1.29, 1.82) is 0 Å². The molecule has 1 N–H and O–H groups in total. The second-order valence-corrected chi connectivity index (χ2v) is 6.92. The van der Waals surface area contributed by atoms with Crippen molar-refractivity contribution in [2.75, 3.05) is 13.1 Å². The minimum Gasteiger partial charge on any atom is -0.337 e. The molecule has 4 nitrogen and oxygen atoms in total. The number of thiophene rings is 1. The van der Waals surface area contributed by atoms with E-state index in [1.54, 1.807) is 28.9 Å². The molecule has 0 unspecified atom stereocenters. The van der Waals surface area contributed by atoms with E-state index in [1.165, 1.54) is 10.4 Å². The van der Waals surface area contributed by atoms with Crippen molar-refractivity contribution in [2.45, 2.75) is 25.8 Å². The van der Waals surface area contributed by atoms with Gasteiger partial charge in [0, 0.05) is 42.0 Å². The van der Waals surface area contributed by atoms with Crippen LogP contribution in [0.1, 0.15) is 28.3 Å². The molecule has 0 bridgehead atoms. The lowest BCUT2D eigenvalue weighted by atomic mass is 10.1. The van der Waals surface area contributed by atoms with Gasteiger partial charge in [0.15, 0.2) is 0 Å². The van der Waals surface area contributed by atoms with Crippen LogP contribution in [0.3, 0.4) is 0 Å². The summed E-state index contributed by atoms with van der Waals surface area (Å²) >= 11 is 3.43. The monoisotopic (exact) mass is 307 g/mol. The molecule has 0 aromatic carbocycles. The Morgan fingerprint density at radius 3 is 3.20 bits per heavy atom. The molecular weight excluding hydrogens is 290 g/mol. The summed E-state index contributed by atoms with van der Waals surface area (Å²) in [5.74, 6) is 0.264. The molecule has 0 spiro atoms. The van der Waals surface area contributed by atoms with Gasteiger partial charge in [0.05, 0.1) is 5.01 Å². The molecule has 2 amide bonds. The molecule has 1 aliphatic heterocycles. The maximum Gasteiger partial charge on any atom is 0.317 e. The van der Waals surface area contributed by atoms with E-state index in [2.05, 4.69) is 28.7 Å². The molecule has 0 radical (unpaired) electrons. The lowest BCUT2D eigenvalue weighted by Gasteiger charge is -2.27. The summed E-state index contributed by atoms with van der Waals surface area (Å²) in [6.07, 6.45) is 2.78. The minimum absolute atomic E-state index is 0.0326. The fraction of sp³-hybridized carbons (Fsp3) is 0.429. The molecule has 0 fully saturated rings. The molecule has 106 valence electrons. The zero-order valence-electron chi connectivity index (χ0n) is 11.3. The number of hydrogen-bond acceptors (Lipinski definition) is 4. The highest BCUT2D eigenvalue weighted by Crippen LogP contribution is 2.24. The van der Waals surface area contributed by atoms with E-state index in [-0.39, 0.29) is 11.9 Å². The highest BCUT2D eigenvalue weighted by atomic mass is 32.1. The number of thiazole rings is 1. The van der Waals surface area contributed by atoms with Crippen LogP contribution >= 0.6 is 22.7 Å². The summed E-state index contributed by atoms with van der Waals surface area (Å²) in [5, 5.41) is 8.17. The lowest BCUT2D eigenvalue weighted by Crippen LogP contribution is -2.43. The van der Waals surface area contributed by atoms with E-state index in [0.29, 0.717) is 6.54 Å². The Labute approximate surface area is 126 Å². The van der Waals surface area contributed by atoms with Crippen molar-refractivity contribution in [3.05, 3.63) is 38.5 Å². The number of urea groups is 1. The predicted octanol–water partition coefficient (Wildman–Crippen LogP) is 3.08. The summed E-state index contributed by atoms with van der Waals surface area (Å²) in [5.41, 5.74) is 1.30. The van der Waals surface area contributed by atoms with Crippen LogP contribution in [0.5, 0.6) is 0 Å². The summed E-state index contributed by atoms with van der Waals surface area (Å²) in [7, 11) is 0. The quantitative estimate of drug-likeness (QED) is 0.947. The van der Waals surface area contributed by atoms with Gasteiger partial charge in [-0.05, 0) is 23.4 Å². The summed E-state index contributed by atoms with van der Waals surface area (Å²) in [6, 6.07) is 2.16. The molecule has 2 aromatic rings. The first-order valence-electron chi connectivity index (χ1n) is 6.71. The standard InChI is InChI=1S/C14H17N3OS2/c1-10(13-15-4-7-20-13)8-16-14(18)17-5-2-12-11(9-17)3-6-19-12/h3-4,6-7,10H,2,5,8-9H2,1H3,(H,16,18)/t10-/m0/s1. The van der Waals surface area contributed by atoms with E-state index in [4.69, 9.17) is 0 Å². The van der Waals surface area contributed by atoms with Gasteiger partial charge in [0.2, 0.25) is 0 Å². The Morgan fingerprint density at radius 2 is 2.40 bits per heavy atom. The second kappa shape index (κ2) is 5.93. The molecule has 6 heteroatoms. The Morgan fingerprint density at radius 1 is 1.50 bits per heavy atom. The molecule has 3 rings (SSSR count). The average molecular weight is 307 g/mol. The van der Waals surface area contributed by atoms with E-state index in [1.807, 2.05) is 10.3 Å². The molecular formula is C14H17N3OS2. The topological polar surface area (TPSA) is 45.2 Å². The lowest BCUT2D eigenvalue weighted by molar-refractivity contribution is 0.192. The molecule has 0 saturated heterocycles. The Balaban J connectivity index is 1.53. The molecule has 1 aliphatic rings. The fourth-order valence-electron chi connectivity index (χ4n) is 2.34. The Hall–Kier alpha value is -1.40. The molecule has 1 atom stereocenters. The largest absolute Gasteiger partial charge is 0.337 e. The molecule has 0 saturated carbocycles. The van der Waals surface area contributed by atoms with Gasteiger partial charge in [-0.25, -0.2) is 9.78 Å². The van der Waals surface area contributed by atoms with Crippen molar-refractivity contribution in [3.63, 3.8) is 0 Å². The maximum absolute atomic E-state index is 12.2. The summed E-state index contributed by atoms with van der Waals surface area (Å²) in [6.45, 7) is 4.27. The van der Waals surface area contributed by atoms with Crippen LogP contribution in [0, 0.1) is 0 Å². The predicted molar refractivity (Wildman–Crippen MR) is 82.4 cm³/mol. The molecule has 2 aromatic heterocycles. The first kappa shape index (κ1) is 13.6. The SMILES string of the molecule is C[C@@H](CNC(=O)N1CCc2sccc2C1)c1nccs1. The number of aromatic nitrogens is 1. The number of nitrogens with zero attached hydrogens (tertiary/aromatic N) is 2. The molecule has 20 heavy (non-hydrogen) atoms. The maximum atomic E-state index is 12.2. The van der Waals surface area contributed by atoms with Crippen LogP contribution < -0.4 is 5.32 Å².